The molecular formula is C29H36F2N8O3S. The monoisotopic (exact) mass is 614 g/mol. The molecule has 230 valence electrons. The van der Waals surface area contributed by atoms with Crippen LogP contribution in [-0.4, -0.2) is 94.7 Å². The highest BCUT2D eigenvalue weighted by atomic mass is 32.1. The summed E-state index contributed by atoms with van der Waals surface area (Å²) >= 11 is 0.792. The Morgan fingerprint density at radius 2 is 1.98 bits per heavy atom. The van der Waals surface area contributed by atoms with Gasteiger partial charge in [0.05, 0.1) is 16.3 Å². The number of nitrogens with zero attached hydrogens (tertiary/aromatic N) is 6. The van der Waals surface area contributed by atoms with Crippen molar-refractivity contribution in [2.45, 2.75) is 51.2 Å². The van der Waals surface area contributed by atoms with E-state index in [9.17, 15) is 18.4 Å². The maximum absolute atomic E-state index is 13.7. The Kier molecular flexibility index (Phi) is 8.23. The van der Waals surface area contributed by atoms with Gasteiger partial charge in [0.2, 0.25) is 5.91 Å². The number of halogens is 2. The van der Waals surface area contributed by atoms with E-state index in [1.54, 1.807) is 16.3 Å². The lowest BCUT2D eigenvalue weighted by atomic mass is 10.0. The van der Waals surface area contributed by atoms with Crippen molar-refractivity contribution in [2.24, 2.45) is 0 Å². The predicted octanol–water partition coefficient (Wildman–Crippen LogP) is 3.43. The lowest BCUT2D eigenvalue weighted by Gasteiger charge is -2.34. The normalized spacial score (nSPS) is 20.2. The molecule has 0 aliphatic carbocycles. The minimum absolute atomic E-state index is 0.00222. The van der Waals surface area contributed by atoms with Crippen molar-refractivity contribution in [2.75, 3.05) is 56.9 Å². The molecule has 0 radical (unpaired) electrons. The van der Waals surface area contributed by atoms with E-state index in [-0.39, 0.29) is 33.6 Å². The SMILES string of the molecule is CC(=O)N1CC=C(c2cc(N3CCC[C@@H](NC(=O)c4sc(C(F)F)cc4OC4CCN(C)CC4)C3)c3c(N)ncnn23)C1. The molecule has 3 aromatic heterocycles. The van der Waals surface area contributed by atoms with Crippen molar-refractivity contribution < 1.29 is 23.1 Å². The van der Waals surface area contributed by atoms with Gasteiger partial charge in [-0.2, -0.15) is 5.10 Å². The molecule has 3 aromatic rings. The number of aromatic nitrogens is 3. The quantitative estimate of drug-likeness (QED) is 0.416. The Labute approximate surface area is 252 Å². The van der Waals surface area contributed by atoms with Crippen LogP contribution in [0.1, 0.15) is 59.3 Å². The van der Waals surface area contributed by atoms with Gasteiger partial charge in [-0.1, -0.05) is 6.08 Å². The number of hydrogen-bond donors (Lipinski definition) is 2. The van der Waals surface area contributed by atoms with Gasteiger partial charge >= 0.3 is 0 Å². The standard InChI is InChI=1S/C29H36F2N8O3S/c1-17(40)37-11-5-18(14-37)21-12-22(25-28(32)33-16-34-39(21)25)38-8-3-4-19(15-38)35-29(41)26-23(13-24(43-26)27(30)31)42-20-6-9-36(2)10-7-20/h5,12-13,16,19-20,27H,3-4,6-11,14-15H2,1-2H3,(H,35,41)(H2,32,33,34)/t19-/m1/s1. The van der Waals surface area contributed by atoms with Crippen LogP contribution in [0.4, 0.5) is 20.3 Å². The average Bonchev–Trinajstić information content (AvgIpc) is 3.72. The fraction of sp³-hybridized carbons (Fsp3) is 0.517. The molecule has 14 heteroatoms. The van der Waals surface area contributed by atoms with Gasteiger partial charge in [-0.3, -0.25) is 9.59 Å². The van der Waals surface area contributed by atoms with E-state index in [1.807, 2.05) is 19.2 Å². The largest absolute Gasteiger partial charge is 0.489 e. The van der Waals surface area contributed by atoms with Crippen LogP contribution in [0, 0.1) is 0 Å². The predicted molar refractivity (Wildman–Crippen MR) is 161 cm³/mol. The first-order valence-electron chi connectivity index (χ1n) is 14.6. The van der Waals surface area contributed by atoms with Gasteiger partial charge in [0.15, 0.2) is 5.82 Å². The molecule has 0 aromatic carbocycles. The number of carbonyl (C=O) groups excluding carboxylic acids is 2. The second-order valence-corrected chi connectivity index (χ2v) is 12.6. The molecule has 0 spiro atoms. The third-order valence-electron chi connectivity index (χ3n) is 8.45. The molecule has 6 heterocycles. The van der Waals surface area contributed by atoms with Crippen LogP contribution in [0.2, 0.25) is 0 Å². The van der Waals surface area contributed by atoms with E-state index in [4.69, 9.17) is 10.5 Å². The highest BCUT2D eigenvalue weighted by Crippen LogP contribution is 2.38. The number of rotatable bonds is 7. The van der Waals surface area contributed by atoms with Gasteiger partial charge < -0.3 is 30.5 Å². The number of likely N-dealkylation sites (tertiary alicyclic amines) is 1. The molecule has 43 heavy (non-hydrogen) atoms. The van der Waals surface area contributed by atoms with Crippen LogP contribution >= 0.6 is 11.3 Å². The fourth-order valence-corrected chi connectivity index (χ4v) is 6.94. The second kappa shape index (κ2) is 12.1. The minimum Gasteiger partial charge on any atom is -0.489 e. The van der Waals surface area contributed by atoms with Crippen molar-refractivity contribution >= 4 is 45.7 Å². The van der Waals surface area contributed by atoms with Crippen molar-refractivity contribution in [3.63, 3.8) is 0 Å². The number of thiophene rings is 1. The average molecular weight is 615 g/mol. The zero-order valence-electron chi connectivity index (χ0n) is 24.3. The Bertz CT molecular complexity index is 1550. The van der Waals surface area contributed by atoms with Gasteiger partial charge in [0.1, 0.15) is 28.6 Å². The smallest absolute Gasteiger partial charge is 0.272 e. The number of nitrogens with two attached hydrogens (primary N) is 1. The first-order chi connectivity index (χ1) is 20.7. The summed E-state index contributed by atoms with van der Waals surface area (Å²) in [5.74, 6) is 0.162. The molecule has 11 nitrogen and oxygen atoms in total. The van der Waals surface area contributed by atoms with Gasteiger partial charge in [-0.25, -0.2) is 18.3 Å². The Hall–Kier alpha value is -3.78. The third kappa shape index (κ3) is 6.03. The van der Waals surface area contributed by atoms with Crippen LogP contribution in [0.15, 0.2) is 24.5 Å². The van der Waals surface area contributed by atoms with E-state index < -0.39 is 12.3 Å². The second-order valence-electron chi connectivity index (χ2n) is 11.5. The number of alkyl halides is 2. The zero-order valence-corrected chi connectivity index (χ0v) is 25.1. The van der Waals surface area contributed by atoms with Gasteiger partial charge in [-0.05, 0) is 44.4 Å². The molecule has 3 aliphatic rings. The van der Waals surface area contributed by atoms with Crippen LogP contribution in [0.25, 0.3) is 11.1 Å². The zero-order chi connectivity index (χ0) is 30.2. The highest BCUT2D eigenvalue weighted by Gasteiger charge is 2.31. The van der Waals surface area contributed by atoms with Crippen molar-refractivity contribution in [3.8, 4) is 5.75 Å². The van der Waals surface area contributed by atoms with Crippen molar-refractivity contribution in [1.82, 2.24) is 29.7 Å². The minimum atomic E-state index is -2.68. The maximum atomic E-state index is 13.7. The van der Waals surface area contributed by atoms with Crippen molar-refractivity contribution in [3.05, 3.63) is 40.0 Å². The molecule has 6 rings (SSSR count). The molecule has 0 bridgehead atoms. The van der Waals surface area contributed by atoms with E-state index in [1.165, 1.54) is 12.4 Å². The fourth-order valence-electron chi connectivity index (χ4n) is 6.09. The molecule has 2 fully saturated rings. The van der Waals surface area contributed by atoms with Crippen molar-refractivity contribution in [1.29, 1.82) is 0 Å². The van der Waals surface area contributed by atoms with Crippen LogP contribution in [0.5, 0.6) is 5.75 Å². The number of anilines is 2. The Morgan fingerprint density at radius 1 is 1.19 bits per heavy atom. The van der Waals surface area contributed by atoms with E-state index in [0.717, 1.165) is 73.6 Å². The summed E-state index contributed by atoms with van der Waals surface area (Å²) in [5, 5.41) is 7.55. The Morgan fingerprint density at radius 3 is 2.70 bits per heavy atom. The number of piperidine rings is 2. The third-order valence-corrected chi connectivity index (χ3v) is 9.57. The molecule has 2 saturated heterocycles. The summed E-state index contributed by atoms with van der Waals surface area (Å²) < 4.78 is 35.2. The van der Waals surface area contributed by atoms with Crippen LogP contribution in [0.3, 0.4) is 0 Å². The molecule has 0 saturated carbocycles. The highest BCUT2D eigenvalue weighted by molar-refractivity contribution is 7.14. The lowest BCUT2D eigenvalue weighted by Crippen LogP contribution is -2.47. The molecule has 1 atom stereocenters. The number of fused-ring (bicyclic) bond motifs is 1. The number of carbonyl (C=O) groups is 2. The molecule has 3 aliphatic heterocycles. The van der Waals surface area contributed by atoms with Gasteiger partial charge in [-0.15, -0.1) is 11.3 Å². The number of hydrogen-bond acceptors (Lipinski definition) is 9. The number of nitrogen functional groups attached to an aromatic ring is 1. The topological polar surface area (TPSA) is 121 Å². The Balaban J connectivity index is 1.21. The van der Waals surface area contributed by atoms with Crippen LogP contribution in [-0.2, 0) is 4.79 Å². The first-order valence-corrected chi connectivity index (χ1v) is 15.4. The number of amides is 2. The lowest BCUT2D eigenvalue weighted by molar-refractivity contribution is -0.127. The van der Waals surface area contributed by atoms with Gasteiger partial charge in [0.25, 0.3) is 12.3 Å². The summed E-state index contributed by atoms with van der Waals surface area (Å²) in [6, 6.07) is 3.11. The number of ether oxygens (including phenoxy) is 1. The van der Waals surface area contributed by atoms with E-state index in [0.29, 0.717) is 31.0 Å². The van der Waals surface area contributed by atoms with Gasteiger partial charge in [0, 0.05) is 58.3 Å². The van der Waals surface area contributed by atoms with E-state index >= 15 is 0 Å². The summed E-state index contributed by atoms with van der Waals surface area (Å²) in [7, 11) is 2.04. The number of nitrogens with one attached hydrogen (secondary N) is 1. The summed E-state index contributed by atoms with van der Waals surface area (Å²) in [5.41, 5.74) is 9.66. The summed E-state index contributed by atoms with van der Waals surface area (Å²) in [4.78, 5) is 35.8. The first kappa shape index (κ1) is 29.3. The van der Waals surface area contributed by atoms with Crippen LogP contribution < -0.4 is 20.7 Å². The van der Waals surface area contributed by atoms with E-state index in [2.05, 4.69) is 25.2 Å². The molecule has 2 amide bonds. The maximum Gasteiger partial charge on any atom is 0.272 e. The molecule has 0 unspecified atom stereocenters. The molecular weight excluding hydrogens is 578 g/mol. The molecule has 3 N–H and O–H groups in total. The summed E-state index contributed by atoms with van der Waals surface area (Å²) in [6.45, 7) is 5.50. The summed E-state index contributed by atoms with van der Waals surface area (Å²) in [6.07, 6.45) is 3.73.